The summed E-state index contributed by atoms with van der Waals surface area (Å²) in [7, 11) is -3.41. The van der Waals surface area contributed by atoms with Crippen molar-refractivity contribution in [1.82, 2.24) is 5.32 Å². The molecule has 0 aliphatic heterocycles. The SMILES string of the molecule is CCC(O)CCNC(=O)CCS(=O)(=O)c1ccccc1. The Balaban J connectivity index is 2.37. The first-order valence-corrected chi connectivity index (χ1v) is 8.33. The molecule has 1 amide bonds. The molecule has 0 saturated carbocycles. The summed E-state index contributed by atoms with van der Waals surface area (Å²) in [6, 6.07) is 8.08. The maximum Gasteiger partial charge on any atom is 0.221 e. The van der Waals surface area contributed by atoms with E-state index >= 15 is 0 Å². The zero-order valence-corrected chi connectivity index (χ0v) is 12.4. The third-order valence-corrected chi connectivity index (χ3v) is 4.70. The highest BCUT2D eigenvalue weighted by Gasteiger charge is 2.15. The monoisotopic (exact) mass is 299 g/mol. The van der Waals surface area contributed by atoms with Crippen LogP contribution in [-0.4, -0.2) is 37.8 Å². The van der Waals surface area contributed by atoms with Gasteiger partial charge in [0.15, 0.2) is 9.84 Å². The van der Waals surface area contributed by atoms with Crippen LogP contribution in [-0.2, 0) is 14.6 Å². The number of amides is 1. The van der Waals surface area contributed by atoms with Gasteiger partial charge in [-0.05, 0) is 25.0 Å². The predicted octanol–water partition coefficient (Wildman–Crippen LogP) is 1.13. The van der Waals surface area contributed by atoms with Crippen LogP contribution in [0.5, 0.6) is 0 Å². The molecule has 6 heteroatoms. The van der Waals surface area contributed by atoms with Crippen LogP contribution in [0.4, 0.5) is 0 Å². The number of sulfone groups is 1. The van der Waals surface area contributed by atoms with Gasteiger partial charge in [0.05, 0.1) is 16.8 Å². The maximum atomic E-state index is 11.9. The van der Waals surface area contributed by atoms with Crippen LogP contribution in [0.25, 0.3) is 0 Å². The van der Waals surface area contributed by atoms with Gasteiger partial charge in [-0.25, -0.2) is 8.42 Å². The zero-order chi connectivity index (χ0) is 15.0. The third kappa shape index (κ3) is 5.71. The summed E-state index contributed by atoms with van der Waals surface area (Å²) in [6.45, 7) is 2.22. The van der Waals surface area contributed by atoms with Gasteiger partial charge in [0.25, 0.3) is 0 Å². The topological polar surface area (TPSA) is 83.5 Å². The Bertz CT molecular complexity index is 513. The number of carbonyl (C=O) groups is 1. The molecule has 1 atom stereocenters. The van der Waals surface area contributed by atoms with E-state index in [1.54, 1.807) is 18.2 Å². The number of carbonyl (C=O) groups excluding carboxylic acids is 1. The van der Waals surface area contributed by atoms with Gasteiger partial charge < -0.3 is 10.4 Å². The Hall–Kier alpha value is -1.40. The molecule has 0 aliphatic carbocycles. The van der Waals surface area contributed by atoms with E-state index in [9.17, 15) is 18.3 Å². The summed E-state index contributed by atoms with van der Waals surface area (Å²) in [5, 5.41) is 11.9. The molecule has 20 heavy (non-hydrogen) atoms. The number of benzene rings is 1. The number of nitrogens with one attached hydrogen (secondary N) is 1. The maximum absolute atomic E-state index is 11.9. The minimum absolute atomic E-state index is 0.0700. The molecule has 2 N–H and O–H groups in total. The lowest BCUT2D eigenvalue weighted by molar-refractivity contribution is -0.120. The second-order valence-electron chi connectivity index (χ2n) is 4.58. The second kappa shape index (κ2) is 8.01. The van der Waals surface area contributed by atoms with E-state index in [1.807, 2.05) is 6.92 Å². The van der Waals surface area contributed by atoms with E-state index in [0.29, 0.717) is 19.4 Å². The number of rotatable bonds is 8. The first-order chi connectivity index (χ1) is 9.45. The largest absolute Gasteiger partial charge is 0.393 e. The minimum Gasteiger partial charge on any atom is -0.393 e. The molecule has 0 aromatic heterocycles. The summed E-state index contributed by atoms with van der Waals surface area (Å²) in [5.74, 6) is -0.521. The number of hydrogen-bond acceptors (Lipinski definition) is 4. The summed E-state index contributed by atoms with van der Waals surface area (Å²) >= 11 is 0. The van der Waals surface area contributed by atoms with Crippen LogP contribution in [0.15, 0.2) is 35.2 Å². The third-order valence-electron chi connectivity index (χ3n) is 2.97. The average molecular weight is 299 g/mol. The van der Waals surface area contributed by atoms with E-state index < -0.39 is 15.9 Å². The lowest BCUT2D eigenvalue weighted by Gasteiger charge is -2.09. The Labute approximate surface area is 119 Å². The van der Waals surface area contributed by atoms with Crippen LogP contribution in [0, 0.1) is 0 Å². The molecule has 0 spiro atoms. The van der Waals surface area contributed by atoms with Gasteiger partial charge >= 0.3 is 0 Å². The molecule has 1 unspecified atom stereocenters. The Morgan fingerprint density at radius 3 is 2.55 bits per heavy atom. The van der Waals surface area contributed by atoms with Gasteiger partial charge in [0.1, 0.15) is 0 Å². The predicted molar refractivity (Wildman–Crippen MR) is 77.0 cm³/mol. The fraction of sp³-hybridized carbons (Fsp3) is 0.500. The van der Waals surface area contributed by atoms with Crippen molar-refractivity contribution < 1.29 is 18.3 Å². The number of aliphatic hydroxyl groups is 1. The van der Waals surface area contributed by atoms with Crippen LogP contribution in [0.3, 0.4) is 0 Å². The molecule has 0 aliphatic rings. The molecule has 112 valence electrons. The van der Waals surface area contributed by atoms with Gasteiger partial charge in [-0.3, -0.25) is 4.79 Å². The average Bonchev–Trinajstić information content (AvgIpc) is 2.46. The Kier molecular flexibility index (Phi) is 6.67. The van der Waals surface area contributed by atoms with Crippen molar-refractivity contribution >= 4 is 15.7 Å². The van der Waals surface area contributed by atoms with E-state index in [2.05, 4.69) is 5.32 Å². The zero-order valence-electron chi connectivity index (χ0n) is 11.6. The first-order valence-electron chi connectivity index (χ1n) is 6.68. The van der Waals surface area contributed by atoms with Gasteiger partial charge in [-0.15, -0.1) is 0 Å². The van der Waals surface area contributed by atoms with Gasteiger partial charge in [0.2, 0.25) is 5.91 Å². The fourth-order valence-electron chi connectivity index (χ4n) is 1.64. The van der Waals surface area contributed by atoms with E-state index in [-0.39, 0.29) is 23.0 Å². The quantitative estimate of drug-likeness (QED) is 0.753. The lowest BCUT2D eigenvalue weighted by Crippen LogP contribution is -2.28. The minimum atomic E-state index is -3.41. The van der Waals surface area contributed by atoms with Crippen molar-refractivity contribution in [3.8, 4) is 0 Å². The van der Waals surface area contributed by atoms with Gasteiger partial charge in [0, 0.05) is 13.0 Å². The molecule has 0 heterocycles. The Morgan fingerprint density at radius 1 is 1.30 bits per heavy atom. The molecule has 1 rings (SSSR count). The molecule has 0 fully saturated rings. The van der Waals surface area contributed by atoms with Gasteiger partial charge in [-0.1, -0.05) is 25.1 Å². The summed E-state index contributed by atoms with van der Waals surface area (Å²) in [4.78, 5) is 11.8. The normalized spacial score (nSPS) is 12.9. The summed E-state index contributed by atoms with van der Waals surface area (Å²) in [6.07, 6.45) is 0.620. The van der Waals surface area contributed by atoms with Crippen LogP contribution in [0.1, 0.15) is 26.2 Å². The van der Waals surface area contributed by atoms with Crippen LogP contribution < -0.4 is 5.32 Å². The number of hydrogen-bond donors (Lipinski definition) is 2. The highest BCUT2D eigenvalue weighted by molar-refractivity contribution is 7.91. The standard InChI is InChI=1S/C14H21NO4S/c1-2-12(16)8-10-15-14(17)9-11-20(18,19)13-6-4-3-5-7-13/h3-7,12,16H,2,8-11H2,1H3,(H,15,17). The van der Waals surface area contributed by atoms with E-state index in [0.717, 1.165) is 0 Å². The molecular weight excluding hydrogens is 278 g/mol. The number of aliphatic hydroxyl groups excluding tert-OH is 1. The molecule has 0 saturated heterocycles. The highest BCUT2D eigenvalue weighted by atomic mass is 32.2. The molecule has 1 aromatic carbocycles. The van der Waals surface area contributed by atoms with Crippen molar-refractivity contribution in [2.45, 2.75) is 37.2 Å². The van der Waals surface area contributed by atoms with Crippen molar-refractivity contribution in [3.63, 3.8) is 0 Å². The smallest absolute Gasteiger partial charge is 0.221 e. The van der Waals surface area contributed by atoms with E-state index in [1.165, 1.54) is 12.1 Å². The van der Waals surface area contributed by atoms with Crippen molar-refractivity contribution in [3.05, 3.63) is 30.3 Å². The van der Waals surface area contributed by atoms with Crippen molar-refractivity contribution in [1.29, 1.82) is 0 Å². The fourth-order valence-corrected chi connectivity index (χ4v) is 2.91. The van der Waals surface area contributed by atoms with E-state index in [4.69, 9.17) is 0 Å². The Morgan fingerprint density at radius 2 is 1.95 bits per heavy atom. The van der Waals surface area contributed by atoms with Crippen molar-refractivity contribution in [2.75, 3.05) is 12.3 Å². The summed E-state index contributed by atoms with van der Waals surface area (Å²) in [5.41, 5.74) is 0. The molecule has 0 radical (unpaired) electrons. The van der Waals surface area contributed by atoms with Crippen LogP contribution >= 0.6 is 0 Å². The molecule has 5 nitrogen and oxygen atoms in total. The van der Waals surface area contributed by atoms with Crippen LogP contribution in [0.2, 0.25) is 0 Å². The highest BCUT2D eigenvalue weighted by Crippen LogP contribution is 2.10. The van der Waals surface area contributed by atoms with Crippen molar-refractivity contribution in [2.24, 2.45) is 0 Å². The molecular formula is C14H21NO4S. The molecule has 1 aromatic rings. The second-order valence-corrected chi connectivity index (χ2v) is 6.69. The summed E-state index contributed by atoms with van der Waals surface area (Å²) < 4.78 is 23.9. The van der Waals surface area contributed by atoms with Gasteiger partial charge in [-0.2, -0.15) is 0 Å². The lowest BCUT2D eigenvalue weighted by atomic mass is 10.2. The first kappa shape index (κ1) is 16.7. The molecule has 0 bridgehead atoms.